The average Bonchev–Trinajstić information content (AvgIpc) is 3.57. The van der Waals surface area contributed by atoms with Gasteiger partial charge in [-0.3, -0.25) is 14.5 Å². The number of carbonyl (C=O) groups is 3. The molecule has 0 saturated carbocycles. The predicted molar refractivity (Wildman–Crippen MR) is 144 cm³/mol. The highest BCUT2D eigenvalue weighted by Crippen LogP contribution is 2.37. The van der Waals surface area contributed by atoms with Crippen LogP contribution in [0.3, 0.4) is 0 Å². The number of hydrogen-bond acceptors (Lipinski definition) is 4. The van der Waals surface area contributed by atoms with Crippen LogP contribution in [0.1, 0.15) is 35.6 Å². The molecular weight excluding hydrogens is 480 g/mol. The van der Waals surface area contributed by atoms with Crippen LogP contribution in [0.25, 0.3) is 0 Å². The molecule has 38 heavy (non-hydrogen) atoms. The summed E-state index contributed by atoms with van der Waals surface area (Å²) < 4.78 is 5.68. The minimum absolute atomic E-state index is 0.00671. The van der Waals surface area contributed by atoms with Crippen molar-refractivity contribution >= 4 is 17.8 Å². The number of carbonyl (C=O) groups excluding carboxylic acids is 3. The van der Waals surface area contributed by atoms with E-state index >= 15 is 0 Å². The lowest BCUT2D eigenvalue weighted by atomic mass is 9.94. The molecule has 2 N–H and O–H groups in total. The van der Waals surface area contributed by atoms with E-state index in [4.69, 9.17) is 4.74 Å². The fraction of sp³-hybridized carbons (Fsp3) is 0.367. The van der Waals surface area contributed by atoms with Crippen LogP contribution in [0, 0.1) is 6.92 Å². The van der Waals surface area contributed by atoms with Gasteiger partial charge in [0.05, 0.1) is 30.0 Å². The molecule has 3 atom stereocenters. The molecule has 198 valence electrons. The van der Waals surface area contributed by atoms with Gasteiger partial charge in [0.1, 0.15) is 6.04 Å². The van der Waals surface area contributed by atoms with Gasteiger partial charge in [0.2, 0.25) is 5.91 Å². The zero-order valence-electron chi connectivity index (χ0n) is 21.7. The third kappa shape index (κ3) is 5.22. The van der Waals surface area contributed by atoms with Crippen molar-refractivity contribution in [2.24, 2.45) is 0 Å². The number of aryl methyl sites for hydroxylation is 1. The van der Waals surface area contributed by atoms with Gasteiger partial charge < -0.3 is 20.3 Å². The van der Waals surface area contributed by atoms with Crippen LogP contribution < -0.4 is 10.6 Å². The highest BCUT2D eigenvalue weighted by atomic mass is 16.5. The third-order valence-electron chi connectivity index (χ3n) is 7.45. The maximum Gasteiger partial charge on any atom is 0.322 e. The standard InChI is InChI=1S/C30H34N4O4/c1-3-15-33-25-19-34(29(36)26(25)27(32-30(33)37)22-13-11-20(2)12-14-22)24(17-21-8-5-4-6-9-21)28(35)31-18-23-10-7-16-38-23/h3-6,8-9,11-14,23-24,27H,1,7,10,15-19H2,2H3,(H,31,35)(H,32,37)/t23-,24+,27-/m1/s1. The Bertz CT molecular complexity index is 1230. The summed E-state index contributed by atoms with van der Waals surface area (Å²) in [4.78, 5) is 44.0. The third-order valence-corrected chi connectivity index (χ3v) is 7.45. The van der Waals surface area contributed by atoms with Gasteiger partial charge in [0.25, 0.3) is 5.91 Å². The van der Waals surface area contributed by atoms with Gasteiger partial charge in [0.15, 0.2) is 0 Å². The first-order chi connectivity index (χ1) is 18.5. The summed E-state index contributed by atoms with van der Waals surface area (Å²) in [6.07, 6.45) is 3.88. The summed E-state index contributed by atoms with van der Waals surface area (Å²) >= 11 is 0. The molecule has 0 aromatic heterocycles. The van der Waals surface area contributed by atoms with E-state index in [1.165, 1.54) is 0 Å². The second kappa shape index (κ2) is 11.2. The average molecular weight is 515 g/mol. The molecule has 0 aliphatic carbocycles. The Morgan fingerprint density at radius 1 is 1.18 bits per heavy atom. The molecule has 0 radical (unpaired) electrons. The van der Waals surface area contributed by atoms with Crippen molar-refractivity contribution in [3.8, 4) is 0 Å². The van der Waals surface area contributed by atoms with E-state index in [1.54, 1.807) is 15.9 Å². The van der Waals surface area contributed by atoms with Gasteiger partial charge in [0, 0.05) is 26.1 Å². The zero-order valence-corrected chi connectivity index (χ0v) is 21.7. The van der Waals surface area contributed by atoms with E-state index in [0.29, 0.717) is 30.8 Å². The normalized spacial score (nSPS) is 21.8. The number of benzene rings is 2. The van der Waals surface area contributed by atoms with Crippen molar-refractivity contribution in [1.29, 1.82) is 0 Å². The van der Waals surface area contributed by atoms with Crippen molar-refractivity contribution in [3.63, 3.8) is 0 Å². The van der Waals surface area contributed by atoms with E-state index in [9.17, 15) is 14.4 Å². The molecule has 0 spiro atoms. The first-order valence-corrected chi connectivity index (χ1v) is 13.2. The van der Waals surface area contributed by atoms with Crippen molar-refractivity contribution < 1.29 is 19.1 Å². The Hall–Kier alpha value is -3.91. The Morgan fingerprint density at radius 2 is 1.95 bits per heavy atom. The maximum atomic E-state index is 14.1. The van der Waals surface area contributed by atoms with Gasteiger partial charge in [-0.1, -0.05) is 66.2 Å². The molecule has 8 nitrogen and oxygen atoms in total. The summed E-state index contributed by atoms with van der Waals surface area (Å²) in [6, 6.07) is 15.9. The molecule has 2 aromatic rings. The van der Waals surface area contributed by atoms with E-state index in [-0.39, 0.29) is 37.0 Å². The maximum absolute atomic E-state index is 14.1. The first kappa shape index (κ1) is 25.7. The number of hydrogen-bond donors (Lipinski definition) is 2. The summed E-state index contributed by atoms with van der Waals surface area (Å²) in [6.45, 7) is 7.33. The zero-order chi connectivity index (χ0) is 26.6. The molecule has 0 bridgehead atoms. The number of urea groups is 1. The van der Waals surface area contributed by atoms with Gasteiger partial charge in [-0.2, -0.15) is 0 Å². The van der Waals surface area contributed by atoms with Gasteiger partial charge in [-0.05, 0) is 30.9 Å². The van der Waals surface area contributed by atoms with Crippen LogP contribution in [-0.4, -0.2) is 66.0 Å². The van der Waals surface area contributed by atoms with Crippen molar-refractivity contribution in [3.05, 3.63) is 95.2 Å². The van der Waals surface area contributed by atoms with E-state index in [0.717, 1.165) is 29.5 Å². The Labute approximate surface area is 223 Å². The Balaban J connectivity index is 1.47. The molecule has 8 heteroatoms. The van der Waals surface area contributed by atoms with Gasteiger partial charge in [-0.25, -0.2) is 4.79 Å². The molecule has 2 aromatic carbocycles. The predicted octanol–water partition coefficient (Wildman–Crippen LogP) is 3.25. The lowest BCUT2D eigenvalue weighted by Crippen LogP contribution is -2.51. The largest absolute Gasteiger partial charge is 0.376 e. The van der Waals surface area contributed by atoms with E-state index in [2.05, 4.69) is 17.2 Å². The molecule has 3 aliphatic rings. The SMILES string of the molecule is C=CCN1C(=O)N[C@H](c2ccc(C)cc2)C2=C1CN([C@@H](Cc1ccccc1)C(=O)NC[C@H]1CCCO1)C2=O. The van der Waals surface area contributed by atoms with Crippen LogP contribution >= 0.6 is 0 Å². The van der Waals surface area contributed by atoms with Crippen molar-refractivity contribution in [2.75, 3.05) is 26.2 Å². The van der Waals surface area contributed by atoms with Crippen LogP contribution in [-0.2, 0) is 20.7 Å². The minimum Gasteiger partial charge on any atom is -0.376 e. The van der Waals surface area contributed by atoms with Crippen LogP contribution in [0.15, 0.2) is 78.5 Å². The lowest BCUT2D eigenvalue weighted by molar-refractivity contribution is -0.136. The van der Waals surface area contributed by atoms with Crippen molar-refractivity contribution in [1.82, 2.24) is 20.4 Å². The van der Waals surface area contributed by atoms with Gasteiger partial charge in [-0.15, -0.1) is 6.58 Å². The lowest BCUT2D eigenvalue weighted by Gasteiger charge is -2.33. The molecule has 0 unspecified atom stereocenters. The Kier molecular flexibility index (Phi) is 7.60. The number of amides is 4. The number of nitrogens with zero attached hydrogens (tertiary/aromatic N) is 2. The highest BCUT2D eigenvalue weighted by Gasteiger charge is 2.47. The smallest absolute Gasteiger partial charge is 0.322 e. The fourth-order valence-electron chi connectivity index (χ4n) is 5.42. The molecule has 1 saturated heterocycles. The van der Waals surface area contributed by atoms with Crippen LogP contribution in [0.5, 0.6) is 0 Å². The summed E-state index contributed by atoms with van der Waals surface area (Å²) in [7, 11) is 0. The van der Waals surface area contributed by atoms with Gasteiger partial charge >= 0.3 is 6.03 Å². The summed E-state index contributed by atoms with van der Waals surface area (Å²) in [5.41, 5.74) is 3.99. The molecule has 3 heterocycles. The fourth-order valence-corrected chi connectivity index (χ4v) is 5.42. The second-order valence-electron chi connectivity index (χ2n) is 10.1. The highest BCUT2D eigenvalue weighted by molar-refractivity contribution is 6.03. The summed E-state index contributed by atoms with van der Waals surface area (Å²) in [5, 5.41) is 6.04. The molecule has 5 rings (SSSR count). The molecule has 3 aliphatic heterocycles. The van der Waals surface area contributed by atoms with E-state index in [1.807, 2.05) is 61.5 Å². The molecular formula is C30H34N4O4. The minimum atomic E-state index is -0.740. The summed E-state index contributed by atoms with van der Waals surface area (Å²) in [5.74, 6) is -0.466. The second-order valence-corrected chi connectivity index (χ2v) is 10.1. The molecule has 4 amide bonds. The monoisotopic (exact) mass is 514 g/mol. The van der Waals surface area contributed by atoms with Crippen LogP contribution in [0.2, 0.25) is 0 Å². The number of ether oxygens (including phenoxy) is 1. The van der Waals surface area contributed by atoms with Crippen molar-refractivity contribution in [2.45, 2.75) is 44.4 Å². The first-order valence-electron chi connectivity index (χ1n) is 13.2. The number of rotatable bonds is 9. The van der Waals surface area contributed by atoms with Crippen LogP contribution in [0.4, 0.5) is 4.79 Å². The quantitative estimate of drug-likeness (QED) is 0.503. The topological polar surface area (TPSA) is 91.0 Å². The van der Waals surface area contributed by atoms with E-state index < -0.39 is 12.1 Å². The molecule has 1 fully saturated rings. The number of nitrogens with one attached hydrogen (secondary N) is 2. The Morgan fingerprint density at radius 3 is 2.63 bits per heavy atom.